The van der Waals surface area contributed by atoms with Crippen LogP contribution in [0.4, 0.5) is 0 Å². The monoisotopic (exact) mass is 266 g/mol. The smallest absolute Gasteiger partial charge is 0.240 e. The van der Waals surface area contributed by atoms with Gasteiger partial charge in [-0.05, 0) is 38.1 Å². The lowest BCUT2D eigenvalue weighted by atomic mass is 9.80. The highest BCUT2D eigenvalue weighted by atomic mass is 16.5. The van der Waals surface area contributed by atoms with Gasteiger partial charge in [-0.3, -0.25) is 4.90 Å². The molecule has 2 rings (SSSR count). The first-order valence-electron chi connectivity index (χ1n) is 7.00. The molecule has 0 aliphatic carbocycles. The minimum absolute atomic E-state index is 0.369. The summed E-state index contributed by atoms with van der Waals surface area (Å²) in [5.41, 5.74) is 5.79. The molecule has 0 aromatic carbocycles. The zero-order chi connectivity index (χ0) is 14.3. The predicted octanol–water partition coefficient (Wildman–Crippen LogP) is 2.13. The third-order valence-corrected chi connectivity index (χ3v) is 3.90. The van der Waals surface area contributed by atoms with E-state index >= 15 is 0 Å². The molecule has 1 atom stereocenters. The van der Waals surface area contributed by atoms with Gasteiger partial charge in [0.2, 0.25) is 5.89 Å². The molecule has 0 bridgehead atoms. The van der Waals surface area contributed by atoms with E-state index in [1.807, 2.05) is 13.8 Å². The van der Waals surface area contributed by atoms with Gasteiger partial charge in [0.25, 0.3) is 0 Å². The molecule has 2 heterocycles. The molecule has 108 valence electrons. The molecule has 1 aliphatic rings. The molecule has 0 saturated carbocycles. The lowest BCUT2D eigenvalue weighted by molar-refractivity contribution is 0.212. The summed E-state index contributed by atoms with van der Waals surface area (Å²) in [5.74, 6) is 1.98. The van der Waals surface area contributed by atoms with Gasteiger partial charge >= 0.3 is 0 Å². The molecule has 1 fully saturated rings. The number of nitrogens with two attached hydrogens (primary N) is 1. The molecule has 1 unspecified atom stereocenters. The van der Waals surface area contributed by atoms with Crippen molar-refractivity contribution in [2.45, 2.75) is 53.1 Å². The summed E-state index contributed by atoms with van der Waals surface area (Å²) in [6, 6.07) is 0. The van der Waals surface area contributed by atoms with Crippen molar-refractivity contribution in [1.82, 2.24) is 15.0 Å². The number of likely N-dealkylation sites (tertiary alicyclic amines) is 1. The summed E-state index contributed by atoms with van der Waals surface area (Å²) in [4.78, 5) is 6.77. The summed E-state index contributed by atoms with van der Waals surface area (Å²) in [6.07, 6.45) is 1.24. The third-order valence-electron chi connectivity index (χ3n) is 3.90. The molecule has 5 nitrogen and oxygen atoms in total. The van der Waals surface area contributed by atoms with Gasteiger partial charge in [-0.25, -0.2) is 0 Å². The highest BCUT2D eigenvalue weighted by molar-refractivity contribution is 4.99. The van der Waals surface area contributed by atoms with E-state index in [1.165, 1.54) is 6.42 Å². The van der Waals surface area contributed by atoms with Crippen LogP contribution in [0.5, 0.6) is 0 Å². The van der Waals surface area contributed by atoms with E-state index in [1.54, 1.807) is 0 Å². The molecular weight excluding hydrogens is 240 g/mol. The van der Waals surface area contributed by atoms with E-state index in [-0.39, 0.29) is 0 Å². The Morgan fingerprint density at radius 3 is 2.47 bits per heavy atom. The molecule has 1 saturated heterocycles. The van der Waals surface area contributed by atoms with E-state index in [9.17, 15) is 0 Å². The Kier molecular flexibility index (Phi) is 3.71. The normalized spacial score (nSPS) is 22.1. The Morgan fingerprint density at radius 1 is 1.32 bits per heavy atom. The lowest BCUT2D eigenvalue weighted by Crippen LogP contribution is -2.30. The van der Waals surface area contributed by atoms with Crippen molar-refractivity contribution in [2.75, 3.05) is 13.1 Å². The van der Waals surface area contributed by atoms with Crippen molar-refractivity contribution >= 4 is 0 Å². The van der Waals surface area contributed by atoms with E-state index in [2.05, 4.69) is 35.8 Å². The molecule has 1 aliphatic heterocycles. The van der Waals surface area contributed by atoms with Gasteiger partial charge in [-0.2, -0.15) is 4.98 Å². The predicted molar refractivity (Wildman–Crippen MR) is 74.4 cm³/mol. The number of rotatable bonds is 3. The zero-order valence-corrected chi connectivity index (χ0v) is 12.7. The van der Waals surface area contributed by atoms with E-state index in [0.29, 0.717) is 17.1 Å². The topological polar surface area (TPSA) is 68.2 Å². The van der Waals surface area contributed by atoms with Gasteiger partial charge in [-0.15, -0.1) is 0 Å². The number of aromatic nitrogens is 2. The van der Waals surface area contributed by atoms with Crippen LogP contribution in [-0.2, 0) is 12.1 Å². The SMILES string of the molecule is CC(C)(N)c1noc(CN2CCC(C(C)(C)C)C2)n1. The number of nitrogens with zero attached hydrogens (tertiary/aromatic N) is 3. The minimum Gasteiger partial charge on any atom is -0.338 e. The Balaban J connectivity index is 1.95. The van der Waals surface area contributed by atoms with Gasteiger partial charge < -0.3 is 10.3 Å². The highest BCUT2D eigenvalue weighted by Gasteiger charge is 2.32. The maximum absolute atomic E-state index is 5.96. The van der Waals surface area contributed by atoms with Crippen LogP contribution in [0.3, 0.4) is 0 Å². The minimum atomic E-state index is -0.541. The standard InChI is InChI=1S/C14H26N4O/c1-13(2,3)10-6-7-18(8-10)9-11-16-12(17-19-11)14(4,5)15/h10H,6-9,15H2,1-5H3. The van der Waals surface area contributed by atoms with E-state index in [4.69, 9.17) is 10.3 Å². The fourth-order valence-corrected chi connectivity index (χ4v) is 2.46. The molecule has 1 aromatic heterocycles. The first kappa shape index (κ1) is 14.5. The third kappa shape index (κ3) is 3.54. The Hall–Kier alpha value is -0.940. The van der Waals surface area contributed by atoms with Crippen molar-refractivity contribution in [2.24, 2.45) is 17.1 Å². The van der Waals surface area contributed by atoms with Crippen LogP contribution in [0.2, 0.25) is 0 Å². The first-order valence-corrected chi connectivity index (χ1v) is 7.00. The van der Waals surface area contributed by atoms with Gasteiger partial charge in [0.05, 0.1) is 12.1 Å². The second-order valence-corrected chi connectivity index (χ2v) is 7.32. The van der Waals surface area contributed by atoms with Crippen LogP contribution in [0.1, 0.15) is 52.8 Å². The number of hydrogen-bond acceptors (Lipinski definition) is 5. The summed E-state index contributed by atoms with van der Waals surface area (Å²) in [5, 5.41) is 3.96. The van der Waals surface area contributed by atoms with Crippen LogP contribution in [0, 0.1) is 11.3 Å². The summed E-state index contributed by atoms with van der Waals surface area (Å²) < 4.78 is 5.29. The van der Waals surface area contributed by atoms with Gasteiger partial charge in [0.1, 0.15) is 0 Å². The molecule has 0 radical (unpaired) electrons. The fraction of sp³-hybridized carbons (Fsp3) is 0.857. The molecule has 0 spiro atoms. The van der Waals surface area contributed by atoms with E-state index < -0.39 is 5.54 Å². The van der Waals surface area contributed by atoms with Crippen LogP contribution in [0.25, 0.3) is 0 Å². The van der Waals surface area contributed by atoms with Crippen LogP contribution in [0.15, 0.2) is 4.52 Å². The largest absolute Gasteiger partial charge is 0.338 e. The first-order chi connectivity index (χ1) is 8.66. The van der Waals surface area contributed by atoms with Crippen LogP contribution >= 0.6 is 0 Å². The fourth-order valence-electron chi connectivity index (χ4n) is 2.46. The molecule has 5 heteroatoms. The van der Waals surface area contributed by atoms with E-state index in [0.717, 1.165) is 25.6 Å². The molecular formula is C14H26N4O. The molecule has 2 N–H and O–H groups in total. The van der Waals surface area contributed by atoms with Crippen molar-refractivity contribution in [3.05, 3.63) is 11.7 Å². The van der Waals surface area contributed by atoms with Crippen molar-refractivity contribution in [3.63, 3.8) is 0 Å². The van der Waals surface area contributed by atoms with Crippen molar-refractivity contribution in [1.29, 1.82) is 0 Å². The van der Waals surface area contributed by atoms with Gasteiger partial charge in [0.15, 0.2) is 5.82 Å². The van der Waals surface area contributed by atoms with Crippen LogP contribution < -0.4 is 5.73 Å². The Morgan fingerprint density at radius 2 is 2.00 bits per heavy atom. The average Bonchev–Trinajstić information content (AvgIpc) is 2.84. The highest BCUT2D eigenvalue weighted by Crippen LogP contribution is 2.33. The quantitative estimate of drug-likeness (QED) is 0.907. The van der Waals surface area contributed by atoms with Gasteiger partial charge in [-0.1, -0.05) is 25.9 Å². The average molecular weight is 266 g/mol. The van der Waals surface area contributed by atoms with Crippen molar-refractivity contribution < 1.29 is 4.52 Å². The zero-order valence-electron chi connectivity index (χ0n) is 12.7. The summed E-state index contributed by atoms with van der Waals surface area (Å²) >= 11 is 0. The number of hydrogen-bond donors (Lipinski definition) is 1. The maximum Gasteiger partial charge on any atom is 0.240 e. The van der Waals surface area contributed by atoms with Gasteiger partial charge in [0, 0.05) is 6.54 Å². The Bertz CT molecular complexity index is 427. The molecule has 1 aromatic rings. The van der Waals surface area contributed by atoms with Crippen LogP contribution in [-0.4, -0.2) is 28.1 Å². The summed E-state index contributed by atoms with van der Waals surface area (Å²) in [7, 11) is 0. The Labute approximate surface area is 115 Å². The maximum atomic E-state index is 5.96. The second kappa shape index (κ2) is 4.87. The molecule has 0 amide bonds. The second-order valence-electron chi connectivity index (χ2n) is 7.32. The summed E-state index contributed by atoms with van der Waals surface area (Å²) in [6.45, 7) is 13.6. The molecule has 19 heavy (non-hydrogen) atoms. The van der Waals surface area contributed by atoms with Crippen molar-refractivity contribution in [3.8, 4) is 0 Å². The lowest BCUT2D eigenvalue weighted by Gasteiger charge is -2.26.